The highest BCUT2D eigenvalue weighted by Gasteiger charge is 2.23. The third-order valence-corrected chi connectivity index (χ3v) is 4.40. The molecule has 0 spiro atoms. The number of nitrogens with zero attached hydrogens (tertiary/aromatic N) is 2. The van der Waals surface area contributed by atoms with Gasteiger partial charge in [0.05, 0.1) is 0 Å². The number of hydrogen-bond donors (Lipinski definition) is 1. The lowest BCUT2D eigenvalue weighted by atomic mass is 10.2. The minimum absolute atomic E-state index is 0.733. The highest BCUT2D eigenvalue weighted by atomic mass is 15.2. The van der Waals surface area contributed by atoms with E-state index in [0.717, 1.165) is 12.1 Å². The standard InChI is InChI=1S/C13H27N3/c1-14-12-7-8-16(11-12)10-9-15(2)13-5-3-4-6-13/h12-14H,3-11H2,1-2H3. The molecule has 2 rings (SSSR count). The molecule has 3 nitrogen and oxygen atoms in total. The molecule has 94 valence electrons. The van der Waals surface area contributed by atoms with Gasteiger partial charge in [-0.1, -0.05) is 12.8 Å². The largest absolute Gasteiger partial charge is 0.316 e. The fraction of sp³-hybridized carbons (Fsp3) is 1.00. The van der Waals surface area contributed by atoms with E-state index in [2.05, 4.69) is 29.2 Å². The van der Waals surface area contributed by atoms with Gasteiger partial charge in [-0.15, -0.1) is 0 Å². The molecule has 0 aromatic carbocycles. The molecule has 1 saturated carbocycles. The Bertz CT molecular complexity index is 201. The van der Waals surface area contributed by atoms with Crippen LogP contribution in [-0.2, 0) is 0 Å². The fourth-order valence-corrected chi connectivity index (χ4v) is 3.10. The first kappa shape index (κ1) is 12.3. The Labute approximate surface area is 100 Å². The molecule has 2 fully saturated rings. The van der Waals surface area contributed by atoms with Gasteiger partial charge in [-0.3, -0.25) is 0 Å². The molecular weight excluding hydrogens is 198 g/mol. The van der Waals surface area contributed by atoms with Crippen molar-refractivity contribution in [3.8, 4) is 0 Å². The molecule has 1 N–H and O–H groups in total. The van der Waals surface area contributed by atoms with E-state index in [1.54, 1.807) is 0 Å². The summed E-state index contributed by atoms with van der Waals surface area (Å²) in [4.78, 5) is 5.19. The van der Waals surface area contributed by atoms with Crippen molar-refractivity contribution in [1.29, 1.82) is 0 Å². The van der Waals surface area contributed by atoms with Gasteiger partial charge in [0.1, 0.15) is 0 Å². The monoisotopic (exact) mass is 225 g/mol. The molecule has 0 aromatic rings. The third-order valence-electron chi connectivity index (χ3n) is 4.40. The van der Waals surface area contributed by atoms with Crippen LogP contribution in [0.15, 0.2) is 0 Å². The van der Waals surface area contributed by atoms with Crippen LogP contribution in [0.5, 0.6) is 0 Å². The van der Waals surface area contributed by atoms with Crippen LogP contribution in [0.2, 0.25) is 0 Å². The van der Waals surface area contributed by atoms with Gasteiger partial charge in [-0.2, -0.15) is 0 Å². The zero-order valence-electron chi connectivity index (χ0n) is 10.9. The van der Waals surface area contributed by atoms with Crippen LogP contribution in [0.25, 0.3) is 0 Å². The molecule has 1 atom stereocenters. The number of likely N-dealkylation sites (tertiary alicyclic amines) is 1. The first-order valence-electron chi connectivity index (χ1n) is 6.89. The van der Waals surface area contributed by atoms with Crippen molar-refractivity contribution in [3.05, 3.63) is 0 Å². The fourth-order valence-electron chi connectivity index (χ4n) is 3.10. The van der Waals surface area contributed by atoms with E-state index in [9.17, 15) is 0 Å². The molecule has 16 heavy (non-hydrogen) atoms. The Morgan fingerprint density at radius 3 is 2.62 bits per heavy atom. The van der Waals surface area contributed by atoms with E-state index < -0.39 is 0 Å². The maximum Gasteiger partial charge on any atom is 0.0204 e. The lowest BCUT2D eigenvalue weighted by Gasteiger charge is -2.26. The summed E-state index contributed by atoms with van der Waals surface area (Å²) in [6.45, 7) is 5.03. The Hall–Kier alpha value is -0.120. The number of hydrogen-bond acceptors (Lipinski definition) is 3. The maximum atomic E-state index is 3.38. The Morgan fingerprint density at radius 1 is 1.25 bits per heavy atom. The zero-order chi connectivity index (χ0) is 11.4. The molecule has 1 aliphatic carbocycles. The molecule has 2 aliphatic rings. The van der Waals surface area contributed by atoms with Crippen molar-refractivity contribution in [2.24, 2.45) is 0 Å². The van der Waals surface area contributed by atoms with Crippen molar-refractivity contribution in [2.75, 3.05) is 40.3 Å². The minimum atomic E-state index is 0.733. The molecule has 0 amide bonds. The summed E-state index contributed by atoms with van der Waals surface area (Å²) in [7, 11) is 4.39. The first-order valence-corrected chi connectivity index (χ1v) is 6.89. The van der Waals surface area contributed by atoms with Gasteiger partial charge in [0.25, 0.3) is 0 Å². The van der Waals surface area contributed by atoms with Crippen LogP contribution in [0, 0.1) is 0 Å². The molecule has 1 unspecified atom stereocenters. The molecule has 1 heterocycles. The van der Waals surface area contributed by atoms with Gasteiger partial charge in [0.2, 0.25) is 0 Å². The smallest absolute Gasteiger partial charge is 0.0204 e. The molecule has 3 heteroatoms. The van der Waals surface area contributed by atoms with E-state index in [0.29, 0.717) is 0 Å². The minimum Gasteiger partial charge on any atom is -0.316 e. The maximum absolute atomic E-state index is 3.38. The second kappa shape index (κ2) is 5.99. The predicted molar refractivity (Wildman–Crippen MR) is 68.8 cm³/mol. The molecule has 1 aliphatic heterocycles. The first-order chi connectivity index (χ1) is 7.79. The van der Waals surface area contributed by atoms with Gasteiger partial charge < -0.3 is 15.1 Å². The normalized spacial score (nSPS) is 28.3. The number of likely N-dealkylation sites (N-methyl/N-ethyl adjacent to an activating group) is 2. The van der Waals surface area contributed by atoms with Crippen LogP contribution in [0.3, 0.4) is 0 Å². The van der Waals surface area contributed by atoms with Gasteiger partial charge >= 0.3 is 0 Å². The molecule has 0 bridgehead atoms. The number of rotatable bonds is 5. The Balaban J connectivity index is 1.63. The average Bonchev–Trinajstić information content (AvgIpc) is 2.96. The van der Waals surface area contributed by atoms with Gasteiger partial charge in [-0.05, 0) is 39.9 Å². The molecule has 0 radical (unpaired) electrons. The molecule has 1 saturated heterocycles. The second-order valence-corrected chi connectivity index (χ2v) is 5.49. The van der Waals surface area contributed by atoms with Crippen molar-refractivity contribution >= 4 is 0 Å². The predicted octanol–water partition coefficient (Wildman–Crippen LogP) is 1.15. The van der Waals surface area contributed by atoms with Crippen LogP contribution in [0.1, 0.15) is 32.1 Å². The van der Waals surface area contributed by atoms with Crippen molar-refractivity contribution < 1.29 is 0 Å². The van der Waals surface area contributed by atoms with Crippen LogP contribution < -0.4 is 5.32 Å². The average molecular weight is 225 g/mol. The Morgan fingerprint density at radius 2 is 2.00 bits per heavy atom. The van der Waals surface area contributed by atoms with Crippen LogP contribution >= 0.6 is 0 Å². The van der Waals surface area contributed by atoms with Crippen molar-refractivity contribution in [2.45, 2.75) is 44.2 Å². The summed E-state index contributed by atoms with van der Waals surface area (Å²) >= 11 is 0. The van der Waals surface area contributed by atoms with Gasteiger partial charge in [-0.25, -0.2) is 0 Å². The van der Waals surface area contributed by atoms with E-state index in [4.69, 9.17) is 0 Å². The van der Waals surface area contributed by atoms with E-state index in [-0.39, 0.29) is 0 Å². The second-order valence-electron chi connectivity index (χ2n) is 5.49. The summed E-state index contributed by atoms with van der Waals surface area (Å²) < 4.78 is 0. The van der Waals surface area contributed by atoms with Crippen molar-refractivity contribution in [3.63, 3.8) is 0 Å². The molecular formula is C13H27N3. The topological polar surface area (TPSA) is 18.5 Å². The summed E-state index contributed by atoms with van der Waals surface area (Å²) in [5.41, 5.74) is 0. The Kier molecular flexibility index (Phi) is 4.62. The quantitative estimate of drug-likeness (QED) is 0.757. The summed E-state index contributed by atoms with van der Waals surface area (Å²) in [5.74, 6) is 0. The SMILES string of the molecule is CNC1CCN(CCN(C)C2CCCC2)C1. The van der Waals surface area contributed by atoms with Crippen LogP contribution in [0.4, 0.5) is 0 Å². The zero-order valence-corrected chi connectivity index (χ0v) is 10.9. The highest BCUT2D eigenvalue weighted by molar-refractivity contribution is 4.81. The lowest BCUT2D eigenvalue weighted by Crippen LogP contribution is -2.38. The number of nitrogens with one attached hydrogen (secondary N) is 1. The summed E-state index contributed by atoms with van der Waals surface area (Å²) in [5, 5.41) is 3.38. The van der Waals surface area contributed by atoms with Crippen molar-refractivity contribution in [1.82, 2.24) is 15.1 Å². The van der Waals surface area contributed by atoms with E-state index >= 15 is 0 Å². The highest BCUT2D eigenvalue weighted by Crippen LogP contribution is 2.22. The molecule has 0 aromatic heterocycles. The van der Waals surface area contributed by atoms with Gasteiger partial charge in [0.15, 0.2) is 0 Å². The third kappa shape index (κ3) is 3.19. The van der Waals surface area contributed by atoms with E-state index in [1.165, 1.54) is 58.3 Å². The summed E-state index contributed by atoms with van der Waals surface area (Å²) in [6, 6.07) is 1.61. The van der Waals surface area contributed by atoms with Crippen LogP contribution in [-0.4, -0.2) is 62.2 Å². The van der Waals surface area contributed by atoms with Gasteiger partial charge in [0, 0.05) is 31.7 Å². The summed E-state index contributed by atoms with van der Waals surface area (Å²) in [6.07, 6.45) is 7.07. The van der Waals surface area contributed by atoms with E-state index in [1.807, 2.05) is 0 Å². The lowest BCUT2D eigenvalue weighted by molar-refractivity contribution is 0.205.